The van der Waals surface area contributed by atoms with Gasteiger partial charge in [0.15, 0.2) is 0 Å². The molecule has 2 atom stereocenters. The number of piperidine rings is 1. The summed E-state index contributed by atoms with van der Waals surface area (Å²) in [5.74, 6) is 0.538. The number of rotatable bonds is 4. The van der Waals surface area contributed by atoms with Crippen LogP contribution in [0.25, 0.3) is 11.3 Å². The Kier molecular flexibility index (Phi) is 4.72. The molecule has 142 valence electrons. The average molecular weight is 367 g/mol. The minimum absolute atomic E-state index is 0.0874. The lowest BCUT2D eigenvalue weighted by atomic mass is 9.94. The van der Waals surface area contributed by atoms with Crippen LogP contribution < -0.4 is 0 Å². The van der Waals surface area contributed by atoms with E-state index in [-0.39, 0.29) is 23.8 Å². The molecular formula is C21H25N3O3. The summed E-state index contributed by atoms with van der Waals surface area (Å²) in [7, 11) is 0. The molecular weight excluding hydrogens is 342 g/mol. The second kappa shape index (κ2) is 7.18. The number of aryl methyl sites for hydroxylation is 1. The fourth-order valence-electron chi connectivity index (χ4n) is 4.32. The maximum atomic E-state index is 13.4. The van der Waals surface area contributed by atoms with Crippen LogP contribution in [0.4, 0.5) is 0 Å². The number of fused-ring (bicyclic) bond motifs is 4. The van der Waals surface area contributed by atoms with Gasteiger partial charge in [0.2, 0.25) is 5.91 Å². The van der Waals surface area contributed by atoms with E-state index in [9.17, 15) is 9.59 Å². The normalized spacial score (nSPS) is 22.2. The molecule has 2 bridgehead atoms. The van der Waals surface area contributed by atoms with E-state index in [1.807, 2.05) is 40.1 Å². The molecule has 0 unspecified atom stereocenters. The number of aromatic nitrogens is 1. The van der Waals surface area contributed by atoms with Crippen molar-refractivity contribution in [3.8, 4) is 11.3 Å². The van der Waals surface area contributed by atoms with Crippen LogP contribution in [0.5, 0.6) is 0 Å². The van der Waals surface area contributed by atoms with E-state index in [0.717, 1.165) is 31.4 Å². The highest BCUT2D eigenvalue weighted by molar-refractivity contribution is 6.01. The van der Waals surface area contributed by atoms with Gasteiger partial charge < -0.3 is 14.3 Å². The monoisotopic (exact) mass is 367 g/mol. The predicted octanol–water partition coefficient (Wildman–Crippen LogP) is 3.12. The molecule has 0 saturated carbocycles. The highest BCUT2D eigenvalue weighted by Crippen LogP contribution is 2.32. The quantitative estimate of drug-likeness (QED) is 0.833. The maximum absolute atomic E-state index is 13.4. The first kappa shape index (κ1) is 17.8. The van der Waals surface area contributed by atoms with Crippen molar-refractivity contribution in [1.82, 2.24) is 15.0 Å². The van der Waals surface area contributed by atoms with E-state index < -0.39 is 0 Å². The first-order valence-electron chi connectivity index (χ1n) is 9.71. The number of nitrogens with zero attached hydrogens (tertiary/aromatic N) is 3. The van der Waals surface area contributed by atoms with Gasteiger partial charge in [-0.1, -0.05) is 42.4 Å². The Hall–Kier alpha value is -2.63. The second-order valence-corrected chi connectivity index (χ2v) is 7.50. The van der Waals surface area contributed by atoms with E-state index in [2.05, 4.69) is 12.1 Å². The lowest BCUT2D eigenvalue weighted by Gasteiger charge is -2.35. The zero-order chi connectivity index (χ0) is 19.0. The van der Waals surface area contributed by atoms with Crippen molar-refractivity contribution in [3.05, 3.63) is 41.7 Å². The SMILES string of the molecule is CCCN1C(=O)[C@H]2CC[C@@H]1CN(C(=O)c1c(-c3ccccc3)noc1C)C2. The molecule has 3 fully saturated rings. The first-order valence-corrected chi connectivity index (χ1v) is 9.71. The molecule has 0 spiro atoms. The van der Waals surface area contributed by atoms with Gasteiger partial charge in [-0.3, -0.25) is 9.59 Å². The zero-order valence-electron chi connectivity index (χ0n) is 15.9. The van der Waals surface area contributed by atoms with E-state index in [1.165, 1.54) is 0 Å². The Balaban J connectivity index is 1.65. The third-order valence-corrected chi connectivity index (χ3v) is 5.67. The minimum Gasteiger partial charge on any atom is -0.360 e. The van der Waals surface area contributed by atoms with Crippen LogP contribution in [0.1, 0.15) is 42.3 Å². The summed E-state index contributed by atoms with van der Waals surface area (Å²) in [6.07, 6.45) is 2.77. The molecule has 0 radical (unpaired) electrons. The van der Waals surface area contributed by atoms with Crippen LogP contribution in [0.2, 0.25) is 0 Å². The zero-order valence-corrected chi connectivity index (χ0v) is 15.9. The van der Waals surface area contributed by atoms with Crippen molar-refractivity contribution in [3.63, 3.8) is 0 Å². The largest absolute Gasteiger partial charge is 0.360 e. The van der Waals surface area contributed by atoms with Gasteiger partial charge in [-0.15, -0.1) is 0 Å². The molecule has 4 heterocycles. The van der Waals surface area contributed by atoms with Crippen molar-refractivity contribution in [1.29, 1.82) is 0 Å². The van der Waals surface area contributed by atoms with Crippen molar-refractivity contribution in [2.24, 2.45) is 5.92 Å². The lowest BCUT2D eigenvalue weighted by molar-refractivity contribution is -0.139. The van der Waals surface area contributed by atoms with Gasteiger partial charge in [-0.25, -0.2) is 0 Å². The molecule has 0 aliphatic carbocycles. The third kappa shape index (κ3) is 3.13. The fourth-order valence-corrected chi connectivity index (χ4v) is 4.32. The van der Waals surface area contributed by atoms with E-state index in [4.69, 9.17) is 4.52 Å². The van der Waals surface area contributed by atoms with Crippen molar-refractivity contribution in [2.45, 2.75) is 39.2 Å². The maximum Gasteiger partial charge on any atom is 0.259 e. The molecule has 27 heavy (non-hydrogen) atoms. The summed E-state index contributed by atoms with van der Waals surface area (Å²) in [6.45, 7) is 5.69. The van der Waals surface area contributed by atoms with Crippen molar-refractivity contribution >= 4 is 11.8 Å². The fraction of sp³-hybridized carbons (Fsp3) is 0.476. The van der Waals surface area contributed by atoms with Gasteiger partial charge >= 0.3 is 0 Å². The Morgan fingerprint density at radius 1 is 1.22 bits per heavy atom. The van der Waals surface area contributed by atoms with Crippen LogP contribution >= 0.6 is 0 Å². The van der Waals surface area contributed by atoms with E-state index >= 15 is 0 Å². The summed E-state index contributed by atoms with van der Waals surface area (Å²) in [6, 6.07) is 9.72. The first-order chi connectivity index (χ1) is 13.1. The Morgan fingerprint density at radius 2 is 2.00 bits per heavy atom. The van der Waals surface area contributed by atoms with Gasteiger partial charge in [0, 0.05) is 31.2 Å². The van der Waals surface area contributed by atoms with Crippen LogP contribution in [-0.4, -0.2) is 52.4 Å². The number of carbonyl (C=O) groups is 2. The summed E-state index contributed by atoms with van der Waals surface area (Å²) >= 11 is 0. The molecule has 1 aromatic carbocycles. The number of benzene rings is 1. The molecule has 2 amide bonds. The van der Waals surface area contributed by atoms with Crippen LogP contribution in [-0.2, 0) is 4.79 Å². The molecule has 3 aliphatic rings. The number of hydrogen-bond acceptors (Lipinski definition) is 4. The van der Waals surface area contributed by atoms with Crippen LogP contribution in [0.3, 0.4) is 0 Å². The summed E-state index contributed by atoms with van der Waals surface area (Å²) in [4.78, 5) is 30.0. The average Bonchev–Trinajstić information content (AvgIpc) is 2.87. The van der Waals surface area contributed by atoms with Gasteiger partial charge in [-0.05, 0) is 26.2 Å². The van der Waals surface area contributed by atoms with Crippen LogP contribution in [0.15, 0.2) is 34.9 Å². The molecule has 6 heteroatoms. The van der Waals surface area contributed by atoms with Gasteiger partial charge in [-0.2, -0.15) is 0 Å². The topological polar surface area (TPSA) is 66.7 Å². The Bertz CT molecular complexity index is 846. The highest BCUT2D eigenvalue weighted by atomic mass is 16.5. The minimum atomic E-state index is -0.0976. The molecule has 1 aromatic heterocycles. The number of amides is 2. The summed E-state index contributed by atoms with van der Waals surface area (Å²) in [5.41, 5.74) is 1.95. The Morgan fingerprint density at radius 3 is 2.74 bits per heavy atom. The number of carbonyl (C=O) groups excluding carboxylic acids is 2. The van der Waals surface area contributed by atoms with Crippen molar-refractivity contribution < 1.29 is 14.1 Å². The van der Waals surface area contributed by atoms with Gasteiger partial charge in [0.25, 0.3) is 5.91 Å². The van der Waals surface area contributed by atoms with Gasteiger partial charge in [0.1, 0.15) is 17.0 Å². The molecule has 2 aromatic rings. The smallest absolute Gasteiger partial charge is 0.259 e. The molecule has 0 N–H and O–H groups in total. The predicted molar refractivity (Wildman–Crippen MR) is 101 cm³/mol. The molecule has 3 saturated heterocycles. The standard InChI is InChI=1S/C21H25N3O3/c1-3-11-24-17-10-9-16(20(24)25)12-23(13-17)21(26)18-14(2)27-22-19(18)15-7-5-4-6-8-15/h4-8,16-17H,3,9-13H2,1-2H3/t16-,17+/m0/s1. The van der Waals surface area contributed by atoms with E-state index in [0.29, 0.717) is 30.1 Å². The van der Waals surface area contributed by atoms with Crippen LogP contribution in [0, 0.1) is 12.8 Å². The van der Waals surface area contributed by atoms with Crippen molar-refractivity contribution in [2.75, 3.05) is 19.6 Å². The number of hydrogen-bond donors (Lipinski definition) is 0. The molecule has 6 nitrogen and oxygen atoms in total. The third-order valence-electron chi connectivity index (χ3n) is 5.67. The Labute approximate surface area is 159 Å². The summed E-state index contributed by atoms with van der Waals surface area (Å²) < 4.78 is 5.37. The second-order valence-electron chi connectivity index (χ2n) is 7.50. The highest BCUT2D eigenvalue weighted by Gasteiger charge is 2.42. The molecule has 3 aliphatic heterocycles. The lowest BCUT2D eigenvalue weighted by Crippen LogP contribution is -2.48. The summed E-state index contributed by atoms with van der Waals surface area (Å²) in [5, 5.41) is 4.14. The molecule has 5 rings (SSSR count). The van der Waals surface area contributed by atoms with Gasteiger partial charge in [0.05, 0.1) is 5.92 Å². The van der Waals surface area contributed by atoms with E-state index in [1.54, 1.807) is 6.92 Å².